The molecule has 2 heterocycles. The molecule has 1 N–H and O–H groups in total. The Labute approximate surface area is 146 Å². The number of aromatic amines is 1. The summed E-state index contributed by atoms with van der Waals surface area (Å²) in [4.78, 5) is 19.7. The van der Waals surface area contributed by atoms with Crippen molar-refractivity contribution in [2.45, 2.75) is 6.54 Å². The summed E-state index contributed by atoms with van der Waals surface area (Å²) < 4.78 is 5.42. The molecule has 0 radical (unpaired) electrons. The van der Waals surface area contributed by atoms with E-state index < -0.39 is 0 Å². The summed E-state index contributed by atoms with van der Waals surface area (Å²) in [6, 6.07) is 17.6. The normalized spacial score (nSPS) is 15.4. The molecule has 3 aromatic rings. The number of aromatic nitrogens is 1. The van der Waals surface area contributed by atoms with Crippen LogP contribution in [0.5, 0.6) is 5.75 Å². The minimum atomic E-state index is -0.266. The van der Waals surface area contributed by atoms with Crippen molar-refractivity contribution in [1.82, 2.24) is 14.8 Å². The first-order valence-electron chi connectivity index (χ1n) is 8.59. The van der Waals surface area contributed by atoms with Gasteiger partial charge in [0.1, 0.15) is 5.75 Å². The molecular formula is C20H21N3O2. The maximum atomic E-state index is 12.2. The van der Waals surface area contributed by atoms with E-state index in [0.29, 0.717) is 18.8 Å². The van der Waals surface area contributed by atoms with Crippen molar-refractivity contribution in [2.75, 3.05) is 26.2 Å². The van der Waals surface area contributed by atoms with Gasteiger partial charge in [0, 0.05) is 49.8 Å². The summed E-state index contributed by atoms with van der Waals surface area (Å²) in [5, 5.41) is 1.27. The molecule has 25 heavy (non-hydrogen) atoms. The van der Waals surface area contributed by atoms with Crippen LogP contribution in [0.4, 0.5) is 4.79 Å². The minimum absolute atomic E-state index is 0.266. The Morgan fingerprint density at radius 3 is 2.48 bits per heavy atom. The fourth-order valence-electron chi connectivity index (χ4n) is 3.25. The van der Waals surface area contributed by atoms with Crippen LogP contribution in [-0.2, 0) is 6.54 Å². The van der Waals surface area contributed by atoms with E-state index in [1.54, 1.807) is 17.0 Å². The van der Waals surface area contributed by atoms with Crippen LogP contribution in [0, 0.1) is 0 Å². The van der Waals surface area contributed by atoms with E-state index in [1.807, 2.05) is 24.3 Å². The number of nitrogens with one attached hydrogen (secondary N) is 1. The van der Waals surface area contributed by atoms with E-state index in [1.165, 1.54) is 16.5 Å². The summed E-state index contributed by atoms with van der Waals surface area (Å²) in [5.41, 5.74) is 2.47. The van der Waals surface area contributed by atoms with Crippen LogP contribution in [0.15, 0.2) is 60.8 Å². The topological polar surface area (TPSA) is 48.6 Å². The summed E-state index contributed by atoms with van der Waals surface area (Å²) >= 11 is 0. The standard InChI is InChI=1S/C20H21N3O2/c24-20(25-17-6-2-1-3-7-17)23-12-10-22(11-13-23)15-16-14-21-19-9-5-4-8-18(16)19/h1-9,14,21H,10-13,15H2. The van der Waals surface area contributed by atoms with Crippen molar-refractivity contribution in [3.05, 3.63) is 66.4 Å². The molecule has 1 saturated heterocycles. The third-order valence-corrected chi connectivity index (χ3v) is 4.65. The molecule has 0 bridgehead atoms. The summed E-state index contributed by atoms with van der Waals surface area (Å²) in [6.45, 7) is 3.97. The summed E-state index contributed by atoms with van der Waals surface area (Å²) in [5.74, 6) is 0.591. The number of benzene rings is 2. The highest BCUT2D eigenvalue weighted by molar-refractivity contribution is 5.83. The van der Waals surface area contributed by atoms with Gasteiger partial charge in [-0.25, -0.2) is 4.79 Å². The third kappa shape index (κ3) is 3.51. The number of piperazine rings is 1. The Bertz CT molecular complexity index is 852. The number of carbonyl (C=O) groups is 1. The number of hydrogen-bond acceptors (Lipinski definition) is 3. The molecule has 5 nitrogen and oxygen atoms in total. The average molecular weight is 335 g/mol. The second-order valence-electron chi connectivity index (χ2n) is 6.30. The lowest BCUT2D eigenvalue weighted by atomic mass is 10.1. The Hall–Kier alpha value is -2.79. The Kier molecular flexibility index (Phi) is 4.39. The number of fused-ring (bicyclic) bond motifs is 1. The van der Waals surface area contributed by atoms with Crippen LogP contribution in [0.25, 0.3) is 10.9 Å². The number of para-hydroxylation sites is 2. The van der Waals surface area contributed by atoms with Crippen molar-refractivity contribution in [3.8, 4) is 5.75 Å². The molecule has 0 aliphatic carbocycles. The quantitative estimate of drug-likeness (QED) is 0.797. The zero-order valence-corrected chi connectivity index (χ0v) is 14.0. The number of carbonyl (C=O) groups excluding carboxylic acids is 1. The average Bonchev–Trinajstić information content (AvgIpc) is 3.06. The lowest BCUT2D eigenvalue weighted by Gasteiger charge is -2.33. The molecule has 2 aromatic carbocycles. The molecule has 0 atom stereocenters. The molecule has 4 rings (SSSR count). The van der Waals surface area contributed by atoms with E-state index >= 15 is 0 Å². The molecule has 1 aromatic heterocycles. The Morgan fingerprint density at radius 2 is 1.68 bits per heavy atom. The molecule has 1 aliphatic heterocycles. The highest BCUT2D eigenvalue weighted by Crippen LogP contribution is 2.20. The number of nitrogens with zero attached hydrogens (tertiary/aromatic N) is 2. The third-order valence-electron chi connectivity index (χ3n) is 4.65. The second-order valence-corrected chi connectivity index (χ2v) is 6.30. The predicted octanol–water partition coefficient (Wildman–Crippen LogP) is 3.48. The van der Waals surface area contributed by atoms with Crippen molar-refractivity contribution in [2.24, 2.45) is 0 Å². The molecule has 128 valence electrons. The summed E-state index contributed by atoms with van der Waals surface area (Å²) in [6.07, 6.45) is 1.82. The van der Waals surface area contributed by atoms with Gasteiger partial charge in [-0.05, 0) is 23.8 Å². The maximum absolute atomic E-state index is 12.2. The lowest BCUT2D eigenvalue weighted by Crippen LogP contribution is -2.49. The molecule has 1 amide bonds. The van der Waals surface area contributed by atoms with Gasteiger partial charge in [-0.15, -0.1) is 0 Å². The van der Waals surface area contributed by atoms with Crippen molar-refractivity contribution < 1.29 is 9.53 Å². The minimum Gasteiger partial charge on any atom is -0.410 e. The molecular weight excluding hydrogens is 314 g/mol. The van der Waals surface area contributed by atoms with E-state index in [2.05, 4.69) is 34.3 Å². The first-order chi connectivity index (χ1) is 12.3. The molecule has 0 spiro atoms. The number of H-pyrrole nitrogens is 1. The number of amides is 1. The van der Waals surface area contributed by atoms with Gasteiger partial charge in [-0.3, -0.25) is 4.90 Å². The fraction of sp³-hybridized carbons (Fsp3) is 0.250. The number of hydrogen-bond donors (Lipinski definition) is 1. The highest BCUT2D eigenvalue weighted by Gasteiger charge is 2.23. The lowest BCUT2D eigenvalue weighted by molar-refractivity contribution is 0.108. The first-order valence-corrected chi connectivity index (χ1v) is 8.59. The zero-order chi connectivity index (χ0) is 17.1. The van der Waals surface area contributed by atoms with Gasteiger partial charge in [-0.2, -0.15) is 0 Å². The maximum Gasteiger partial charge on any atom is 0.415 e. The van der Waals surface area contributed by atoms with Crippen molar-refractivity contribution in [1.29, 1.82) is 0 Å². The Balaban J connectivity index is 1.33. The van der Waals surface area contributed by atoms with Crippen LogP contribution >= 0.6 is 0 Å². The predicted molar refractivity (Wildman–Crippen MR) is 97.6 cm³/mol. The molecule has 0 unspecified atom stereocenters. The highest BCUT2D eigenvalue weighted by atomic mass is 16.6. The zero-order valence-electron chi connectivity index (χ0n) is 14.0. The van der Waals surface area contributed by atoms with Crippen LogP contribution in [-0.4, -0.2) is 47.1 Å². The number of ether oxygens (including phenoxy) is 1. The summed E-state index contributed by atoms with van der Waals surface area (Å²) in [7, 11) is 0. The van der Waals surface area contributed by atoms with Crippen LogP contribution in [0.2, 0.25) is 0 Å². The van der Waals surface area contributed by atoms with Crippen molar-refractivity contribution in [3.63, 3.8) is 0 Å². The van der Waals surface area contributed by atoms with E-state index in [9.17, 15) is 4.79 Å². The smallest absolute Gasteiger partial charge is 0.410 e. The molecule has 1 fully saturated rings. The SMILES string of the molecule is O=C(Oc1ccccc1)N1CCN(Cc2c[nH]c3ccccc23)CC1. The van der Waals surface area contributed by atoms with E-state index in [4.69, 9.17) is 4.74 Å². The van der Waals surface area contributed by atoms with Crippen LogP contribution in [0.3, 0.4) is 0 Å². The largest absolute Gasteiger partial charge is 0.415 e. The van der Waals surface area contributed by atoms with Crippen LogP contribution in [0.1, 0.15) is 5.56 Å². The Morgan fingerprint density at radius 1 is 0.960 bits per heavy atom. The van der Waals surface area contributed by atoms with Crippen LogP contribution < -0.4 is 4.74 Å². The van der Waals surface area contributed by atoms with E-state index in [-0.39, 0.29) is 6.09 Å². The van der Waals surface area contributed by atoms with Gasteiger partial charge in [0.25, 0.3) is 0 Å². The van der Waals surface area contributed by atoms with Crippen molar-refractivity contribution >= 4 is 17.0 Å². The van der Waals surface area contributed by atoms with Gasteiger partial charge >= 0.3 is 6.09 Å². The van der Waals surface area contributed by atoms with Gasteiger partial charge in [0.05, 0.1) is 0 Å². The second kappa shape index (κ2) is 6.99. The van der Waals surface area contributed by atoms with Gasteiger partial charge in [-0.1, -0.05) is 36.4 Å². The first kappa shape index (κ1) is 15.7. The monoisotopic (exact) mass is 335 g/mol. The van der Waals surface area contributed by atoms with Gasteiger partial charge < -0.3 is 14.6 Å². The van der Waals surface area contributed by atoms with E-state index in [0.717, 1.165) is 19.6 Å². The molecule has 1 aliphatic rings. The molecule has 0 saturated carbocycles. The van der Waals surface area contributed by atoms with Gasteiger partial charge in [0.2, 0.25) is 0 Å². The molecule has 5 heteroatoms. The van der Waals surface area contributed by atoms with Gasteiger partial charge in [0.15, 0.2) is 0 Å². The fourth-order valence-corrected chi connectivity index (χ4v) is 3.25. The number of rotatable bonds is 3.